The molecule has 1 aliphatic heterocycles. The van der Waals surface area contributed by atoms with Gasteiger partial charge < -0.3 is 4.90 Å². The maximum atomic E-state index is 13.4. The van der Waals surface area contributed by atoms with Crippen LogP contribution >= 0.6 is 0 Å². The largest absolute Gasteiger partial charge is 0.335 e. The number of fused-ring (bicyclic) bond motifs is 1. The molecule has 7 nitrogen and oxygen atoms in total. The van der Waals surface area contributed by atoms with Gasteiger partial charge >= 0.3 is 0 Å². The number of carbonyl (C=O) groups excluding carboxylic acids is 1. The Morgan fingerprint density at radius 2 is 1.70 bits per heavy atom. The van der Waals surface area contributed by atoms with Crippen LogP contribution in [0.5, 0.6) is 0 Å². The highest BCUT2D eigenvalue weighted by Crippen LogP contribution is 2.27. The zero-order valence-electron chi connectivity index (χ0n) is 17.6. The van der Waals surface area contributed by atoms with Crippen molar-refractivity contribution >= 4 is 15.7 Å². The van der Waals surface area contributed by atoms with Crippen molar-refractivity contribution in [1.82, 2.24) is 19.6 Å². The fourth-order valence-electron chi connectivity index (χ4n) is 4.35. The van der Waals surface area contributed by atoms with Crippen LogP contribution in [0.4, 0.5) is 0 Å². The van der Waals surface area contributed by atoms with Crippen molar-refractivity contribution in [3.63, 3.8) is 0 Å². The van der Waals surface area contributed by atoms with E-state index >= 15 is 0 Å². The summed E-state index contributed by atoms with van der Waals surface area (Å²) in [6, 6.07) is 10.1. The van der Waals surface area contributed by atoms with Gasteiger partial charge in [-0.2, -0.15) is 5.10 Å². The Hall–Kier alpha value is -2.19. The number of rotatable bonds is 5. The molecule has 2 heterocycles. The fraction of sp³-hybridized carbons (Fsp3) is 0.545. The van der Waals surface area contributed by atoms with Crippen molar-refractivity contribution < 1.29 is 13.2 Å². The molecule has 4 rings (SSSR count). The van der Waals surface area contributed by atoms with Crippen LogP contribution in [0.1, 0.15) is 41.0 Å². The van der Waals surface area contributed by atoms with E-state index in [1.54, 1.807) is 0 Å². The molecule has 1 fully saturated rings. The van der Waals surface area contributed by atoms with E-state index in [1.807, 2.05) is 39.9 Å². The van der Waals surface area contributed by atoms with Gasteiger partial charge in [0.05, 0.1) is 11.4 Å². The summed E-state index contributed by atoms with van der Waals surface area (Å²) in [6.45, 7) is 3.13. The first-order valence-electron chi connectivity index (χ1n) is 10.8. The lowest BCUT2D eigenvalue weighted by Crippen LogP contribution is -2.49. The van der Waals surface area contributed by atoms with Gasteiger partial charge in [0, 0.05) is 50.2 Å². The van der Waals surface area contributed by atoms with E-state index in [1.165, 1.54) is 18.4 Å². The Labute approximate surface area is 178 Å². The molecule has 1 aliphatic carbocycles. The van der Waals surface area contributed by atoms with Gasteiger partial charge in [-0.3, -0.25) is 9.69 Å². The van der Waals surface area contributed by atoms with E-state index < -0.39 is 9.84 Å². The second-order valence-corrected chi connectivity index (χ2v) is 10.6. The third kappa shape index (κ3) is 4.75. The van der Waals surface area contributed by atoms with E-state index in [2.05, 4.69) is 4.90 Å². The molecule has 1 aromatic heterocycles. The first-order valence-corrected chi connectivity index (χ1v) is 12.8. The maximum Gasteiger partial charge on any atom is 0.274 e. The number of aromatic nitrogens is 2. The summed E-state index contributed by atoms with van der Waals surface area (Å²) in [6.07, 6.45) is 6.50. The Bertz CT molecular complexity index is 993. The Morgan fingerprint density at radius 1 is 1.00 bits per heavy atom. The lowest BCUT2D eigenvalue weighted by molar-refractivity contribution is 0.0636. The summed E-state index contributed by atoms with van der Waals surface area (Å²) < 4.78 is 24.8. The summed E-state index contributed by atoms with van der Waals surface area (Å²) in [7, 11) is -2.97. The number of para-hydroxylation sites is 1. The van der Waals surface area contributed by atoms with E-state index in [-0.39, 0.29) is 11.7 Å². The number of amides is 1. The van der Waals surface area contributed by atoms with Gasteiger partial charge in [0.25, 0.3) is 5.91 Å². The summed E-state index contributed by atoms with van der Waals surface area (Å²) in [5.74, 6) is 0.168. The third-order valence-electron chi connectivity index (χ3n) is 6.07. The number of hydrogen-bond donors (Lipinski definition) is 0. The van der Waals surface area contributed by atoms with Crippen molar-refractivity contribution in [3.05, 3.63) is 47.3 Å². The van der Waals surface area contributed by atoms with E-state index in [0.717, 1.165) is 36.9 Å². The van der Waals surface area contributed by atoms with Crippen molar-refractivity contribution in [2.24, 2.45) is 0 Å². The topological polar surface area (TPSA) is 75.5 Å². The van der Waals surface area contributed by atoms with Crippen LogP contribution in [0.25, 0.3) is 5.69 Å². The van der Waals surface area contributed by atoms with Crippen LogP contribution in [0.15, 0.2) is 30.3 Å². The van der Waals surface area contributed by atoms with Gasteiger partial charge in [0.1, 0.15) is 9.84 Å². The highest BCUT2D eigenvalue weighted by Gasteiger charge is 2.29. The predicted molar refractivity (Wildman–Crippen MR) is 117 cm³/mol. The lowest BCUT2D eigenvalue weighted by atomic mass is 10.1. The molecule has 8 heteroatoms. The SMILES string of the molecule is CS(=O)(=O)CCN1CCN(C(=O)c2nn(-c3ccccc3)c3c2CCCCC3)CC1. The van der Waals surface area contributed by atoms with E-state index in [9.17, 15) is 13.2 Å². The maximum absolute atomic E-state index is 13.4. The average Bonchev–Trinajstić information content (AvgIpc) is 2.93. The second-order valence-electron chi connectivity index (χ2n) is 8.35. The molecule has 0 unspecified atom stereocenters. The Morgan fingerprint density at radius 3 is 2.40 bits per heavy atom. The lowest BCUT2D eigenvalue weighted by Gasteiger charge is -2.34. The monoisotopic (exact) mass is 430 g/mol. The molecule has 162 valence electrons. The van der Waals surface area contributed by atoms with Crippen molar-refractivity contribution in [3.8, 4) is 5.69 Å². The molecule has 1 saturated heterocycles. The van der Waals surface area contributed by atoms with Gasteiger partial charge in [-0.25, -0.2) is 13.1 Å². The summed E-state index contributed by atoms with van der Waals surface area (Å²) >= 11 is 0. The molecular formula is C22H30N4O3S. The summed E-state index contributed by atoms with van der Waals surface area (Å²) in [5.41, 5.74) is 3.88. The fourth-order valence-corrected chi connectivity index (χ4v) is 4.94. The molecule has 1 amide bonds. The van der Waals surface area contributed by atoms with Crippen LogP contribution in [0, 0.1) is 0 Å². The molecule has 2 aromatic rings. The zero-order valence-corrected chi connectivity index (χ0v) is 18.4. The second kappa shape index (κ2) is 8.89. The molecule has 0 spiro atoms. The quantitative estimate of drug-likeness (QED) is 0.678. The van der Waals surface area contributed by atoms with Crippen molar-refractivity contribution in [1.29, 1.82) is 0 Å². The number of carbonyl (C=O) groups is 1. The smallest absolute Gasteiger partial charge is 0.274 e. The van der Waals surface area contributed by atoms with Gasteiger partial charge in [-0.05, 0) is 37.8 Å². The minimum absolute atomic E-state index is 0.00518. The minimum atomic E-state index is -2.97. The molecule has 0 N–H and O–H groups in total. The zero-order chi connectivity index (χ0) is 21.1. The summed E-state index contributed by atoms with van der Waals surface area (Å²) in [5, 5.41) is 4.80. The van der Waals surface area contributed by atoms with Crippen LogP contribution in [0.2, 0.25) is 0 Å². The standard InChI is InChI=1S/C22H30N4O3S/c1-30(28,29)17-16-24-12-14-25(15-13-24)22(27)21-19-10-6-3-7-11-20(19)26(23-21)18-8-4-2-5-9-18/h2,4-5,8-9H,3,6-7,10-17H2,1H3. The minimum Gasteiger partial charge on any atom is -0.335 e. The number of benzene rings is 1. The molecule has 1 aromatic carbocycles. The molecule has 0 atom stereocenters. The highest BCUT2D eigenvalue weighted by molar-refractivity contribution is 7.90. The highest BCUT2D eigenvalue weighted by atomic mass is 32.2. The third-order valence-corrected chi connectivity index (χ3v) is 7.00. The first kappa shape index (κ1) is 21.1. The van der Waals surface area contributed by atoms with E-state index in [0.29, 0.717) is 38.4 Å². The van der Waals surface area contributed by atoms with Crippen LogP contribution in [-0.4, -0.2) is 78.6 Å². The normalized spacial score (nSPS) is 18.1. The van der Waals surface area contributed by atoms with E-state index in [4.69, 9.17) is 5.10 Å². The van der Waals surface area contributed by atoms with Gasteiger partial charge in [-0.15, -0.1) is 0 Å². The van der Waals surface area contributed by atoms with Crippen LogP contribution in [0.3, 0.4) is 0 Å². The predicted octanol–water partition coefficient (Wildman–Crippen LogP) is 1.94. The van der Waals surface area contributed by atoms with Gasteiger partial charge in [0.2, 0.25) is 0 Å². The Kier molecular flexibility index (Phi) is 6.24. The van der Waals surface area contributed by atoms with Gasteiger partial charge in [-0.1, -0.05) is 24.6 Å². The molecule has 2 aliphatic rings. The van der Waals surface area contributed by atoms with Crippen LogP contribution in [-0.2, 0) is 22.7 Å². The number of sulfone groups is 1. The molecule has 30 heavy (non-hydrogen) atoms. The van der Waals surface area contributed by atoms with Crippen molar-refractivity contribution in [2.45, 2.75) is 32.1 Å². The first-order chi connectivity index (χ1) is 14.4. The molecule has 0 saturated carbocycles. The average molecular weight is 431 g/mol. The number of hydrogen-bond acceptors (Lipinski definition) is 5. The van der Waals surface area contributed by atoms with Crippen LogP contribution < -0.4 is 0 Å². The van der Waals surface area contributed by atoms with Gasteiger partial charge in [0.15, 0.2) is 5.69 Å². The van der Waals surface area contributed by atoms with Crippen molar-refractivity contribution in [2.75, 3.05) is 44.7 Å². The molecular weight excluding hydrogens is 400 g/mol. The Balaban J connectivity index is 1.53. The molecule has 0 radical (unpaired) electrons. The number of piperazine rings is 1. The number of nitrogens with zero attached hydrogens (tertiary/aromatic N) is 4. The molecule has 0 bridgehead atoms. The summed E-state index contributed by atoms with van der Waals surface area (Å²) in [4.78, 5) is 17.4.